The van der Waals surface area contributed by atoms with Crippen LogP contribution in [0, 0.1) is 5.41 Å². The first-order chi connectivity index (χ1) is 8.84. The molecule has 0 bridgehead atoms. The van der Waals surface area contributed by atoms with Crippen LogP contribution in [-0.2, 0) is 0 Å². The lowest BCUT2D eigenvalue weighted by atomic mass is 9.79. The molecule has 0 aromatic rings. The van der Waals surface area contributed by atoms with E-state index < -0.39 is 0 Å². The topological polar surface area (TPSA) is 15.3 Å². The third-order valence-corrected chi connectivity index (χ3v) is 5.41. The molecule has 1 aliphatic heterocycles. The predicted octanol–water partition coefficient (Wildman–Crippen LogP) is 4.05. The van der Waals surface area contributed by atoms with Crippen LogP contribution < -0.4 is 5.32 Å². The lowest BCUT2D eigenvalue weighted by Crippen LogP contribution is -2.68. The van der Waals surface area contributed by atoms with Crippen LogP contribution >= 0.6 is 0 Å². The van der Waals surface area contributed by atoms with Crippen molar-refractivity contribution in [3.8, 4) is 0 Å². The minimum absolute atomic E-state index is 0.345. The van der Waals surface area contributed by atoms with E-state index in [2.05, 4.69) is 58.7 Å². The number of nitrogens with one attached hydrogen (secondary N) is 1. The zero-order chi connectivity index (χ0) is 14.7. The van der Waals surface area contributed by atoms with Gasteiger partial charge < -0.3 is 5.32 Å². The zero-order valence-corrected chi connectivity index (χ0v) is 14.3. The summed E-state index contributed by atoms with van der Waals surface area (Å²) in [4.78, 5) is 2.85. The number of hydrogen-bond donors (Lipinski definition) is 1. The molecule has 1 rings (SSSR count). The van der Waals surface area contributed by atoms with Gasteiger partial charge in [-0.3, -0.25) is 4.90 Å². The molecular weight excluding hydrogens is 232 g/mol. The summed E-state index contributed by atoms with van der Waals surface area (Å²) in [6, 6.07) is 1.35. The summed E-state index contributed by atoms with van der Waals surface area (Å²) >= 11 is 0. The molecule has 1 heterocycles. The molecule has 0 spiro atoms. The van der Waals surface area contributed by atoms with Gasteiger partial charge in [0.1, 0.15) is 0 Å². The molecule has 2 nitrogen and oxygen atoms in total. The Bertz CT molecular complexity index is 259. The maximum Gasteiger partial charge on any atom is 0.0332 e. The summed E-state index contributed by atoms with van der Waals surface area (Å²) < 4.78 is 0. The standard InChI is InChI=1S/C17H36N2/c1-8-14(9-2)19-12-15(16(5,6)7)18-13-17(19,10-3)11-4/h14-15,18H,8-13H2,1-7H3. The number of piperazine rings is 1. The summed E-state index contributed by atoms with van der Waals surface area (Å²) in [5.41, 5.74) is 0.719. The smallest absolute Gasteiger partial charge is 0.0332 e. The molecule has 1 aliphatic rings. The summed E-state index contributed by atoms with van der Waals surface area (Å²) in [7, 11) is 0. The SMILES string of the molecule is CCC(CC)N1CC(C(C)(C)C)NCC1(CC)CC. The summed E-state index contributed by atoms with van der Waals surface area (Å²) in [5.74, 6) is 0. The number of nitrogens with zero attached hydrogens (tertiary/aromatic N) is 1. The van der Waals surface area contributed by atoms with Gasteiger partial charge in [0.15, 0.2) is 0 Å². The van der Waals surface area contributed by atoms with Crippen LogP contribution in [0.4, 0.5) is 0 Å². The highest BCUT2D eigenvalue weighted by Crippen LogP contribution is 2.34. The first-order valence-electron chi connectivity index (χ1n) is 8.34. The molecule has 0 radical (unpaired) electrons. The van der Waals surface area contributed by atoms with Gasteiger partial charge in [-0.1, -0.05) is 48.5 Å². The monoisotopic (exact) mass is 268 g/mol. The van der Waals surface area contributed by atoms with Gasteiger partial charge in [0.05, 0.1) is 0 Å². The summed E-state index contributed by atoms with van der Waals surface area (Å²) in [6.07, 6.45) is 5.05. The van der Waals surface area contributed by atoms with Crippen LogP contribution in [0.2, 0.25) is 0 Å². The van der Waals surface area contributed by atoms with E-state index in [1.54, 1.807) is 0 Å². The van der Waals surface area contributed by atoms with Crippen molar-refractivity contribution in [3.05, 3.63) is 0 Å². The lowest BCUT2D eigenvalue weighted by molar-refractivity contribution is -0.0260. The fourth-order valence-electron chi connectivity index (χ4n) is 3.62. The van der Waals surface area contributed by atoms with E-state index in [1.807, 2.05) is 0 Å². The van der Waals surface area contributed by atoms with Crippen LogP contribution in [-0.4, -0.2) is 35.6 Å². The maximum atomic E-state index is 3.84. The molecule has 1 fully saturated rings. The Balaban J connectivity index is 2.98. The minimum atomic E-state index is 0.345. The van der Waals surface area contributed by atoms with Gasteiger partial charge in [-0.2, -0.15) is 0 Å². The fourth-order valence-corrected chi connectivity index (χ4v) is 3.62. The fraction of sp³-hybridized carbons (Fsp3) is 1.00. The molecule has 2 heteroatoms. The molecule has 1 N–H and O–H groups in total. The quantitative estimate of drug-likeness (QED) is 0.809. The van der Waals surface area contributed by atoms with Crippen LogP contribution in [0.15, 0.2) is 0 Å². The van der Waals surface area contributed by atoms with E-state index >= 15 is 0 Å². The second kappa shape index (κ2) is 6.58. The average molecular weight is 268 g/mol. The minimum Gasteiger partial charge on any atom is -0.310 e. The van der Waals surface area contributed by atoms with Crippen LogP contribution in [0.3, 0.4) is 0 Å². The highest BCUT2D eigenvalue weighted by molar-refractivity contribution is 5.02. The normalized spacial score (nSPS) is 24.9. The van der Waals surface area contributed by atoms with Gasteiger partial charge in [-0.15, -0.1) is 0 Å². The van der Waals surface area contributed by atoms with Gasteiger partial charge >= 0.3 is 0 Å². The van der Waals surface area contributed by atoms with E-state index in [1.165, 1.54) is 32.2 Å². The van der Waals surface area contributed by atoms with E-state index in [-0.39, 0.29) is 0 Å². The molecular formula is C17H36N2. The largest absolute Gasteiger partial charge is 0.310 e. The Kier molecular flexibility index (Phi) is 5.88. The van der Waals surface area contributed by atoms with Crippen molar-refractivity contribution >= 4 is 0 Å². The van der Waals surface area contributed by atoms with Crippen LogP contribution in [0.5, 0.6) is 0 Å². The maximum absolute atomic E-state index is 3.84. The summed E-state index contributed by atoms with van der Waals surface area (Å²) in [5, 5.41) is 3.84. The van der Waals surface area contributed by atoms with E-state index in [9.17, 15) is 0 Å². The number of hydrogen-bond acceptors (Lipinski definition) is 2. The average Bonchev–Trinajstić information content (AvgIpc) is 2.39. The van der Waals surface area contributed by atoms with Crippen molar-refractivity contribution in [2.24, 2.45) is 5.41 Å². The van der Waals surface area contributed by atoms with Crippen molar-refractivity contribution < 1.29 is 0 Å². The second-order valence-electron chi connectivity index (χ2n) is 7.35. The first-order valence-corrected chi connectivity index (χ1v) is 8.34. The van der Waals surface area contributed by atoms with E-state index in [4.69, 9.17) is 0 Å². The van der Waals surface area contributed by atoms with Gasteiger partial charge in [0.2, 0.25) is 0 Å². The van der Waals surface area contributed by atoms with Crippen molar-refractivity contribution in [2.75, 3.05) is 13.1 Å². The Hall–Kier alpha value is -0.0800. The molecule has 19 heavy (non-hydrogen) atoms. The highest BCUT2D eigenvalue weighted by Gasteiger charge is 2.43. The van der Waals surface area contributed by atoms with Crippen molar-refractivity contribution in [1.82, 2.24) is 10.2 Å². The Labute approximate surface area is 121 Å². The van der Waals surface area contributed by atoms with Crippen molar-refractivity contribution in [3.63, 3.8) is 0 Å². The van der Waals surface area contributed by atoms with E-state index in [0.29, 0.717) is 17.0 Å². The third-order valence-electron chi connectivity index (χ3n) is 5.41. The summed E-state index contributed by atoms with van der Waals surface area (Å²) in [6.45, 7) is 18.9. The molecule has 1 unspecified atom stereocenters. The molecule has 0 aromatic heterocycles. The Morgan fingerprint density at radius 3 is 2.00 bits per heavy atom. The molecule has 1 saturated heterocycles. The zero-order valence-electron chi connectivity index (χ0n) is 14.3. The molecule has 0 saturated carbocycles. The van der Waals surface area contributed by atoms with Gasteiger partial charge in [0, 0.05) is 30.7 Å². The van der Waals surface area contributed by atoms with Crippen molar-refractivity contribution in [1.29, 1.82) is 0 Å². The Morgan fingerprint density at radius 1 is 1.11 bits per heavy atom. The van der Waals surface area contributed by atoms with Gasteiger partial charge in [0.25, 0.3) is 0 Å². The molecule has 0 aromatic carbocycles. The van der Waals surface area contributed by atoms with Crippen molar-refractivity contribution in [2.45, 2.75) is 91.8 Å². The molecule has 0 aliphatic carbocycles. The Morgan fingerprint density at radius 2 is 1.63 bits per heavy atom. The lowest BCUT2D eigenvalue weighted by Gasteiger charge is -2.55. The molecule has 114 valence electrons. The third kappa shape index (κ3) is 3.52. The highest BCUT2D eigenvalue weighted by atomic mass is 15.3. The first kappa shape index (κ1) is 17.0. The van der Waals surface area contributed by atoms with E-state index in [0.717, 1.165) is 12.6 Å². The molecule has 1 atom stereocenters. The van der Waals surface area contributed by atoms with Crippen LogP contribution in [0.1, 0.15) is 74.1 Å². The predicted molar refractivity (Wildman–Crippen MR) is 85.6 cm³/mol. The van der Waals surface area contributed by atoms with Gasteiger partial charge in [-0.05, 0) is 31.1 Å². The number of rotatable bonds is 5. The van der Waals surface area contributed by atoms with Gasteiger partial charge in [-0.25, -0.2) is 0 Å². The second-order valence-corrected chi connectivity index (χ2v) is 7.35. The molecule has 0 amide bonds. The van der Waals surface area contributed by atoms with Crippen LogP contribution in [0.25, 0.3) is 0 Å².